The van der Waals surface area contributed by atoms with E-state index < -0.39 is 6.10 Å². The minimum absolute atomic E-state index is 0.0257. The predicted octanol–water partition coefficient (Wildman–Crippen LogP) is 3.46. The fraction of sp³-hybridized carbons (Fsp3) is 0.692. The minimum Gasteiger partial charge on any atom is -0.496 e. The fourth-order valence-electron chi connectivity index (χ4n) is 6.26. The Morgan fingerprint density at radius 1 is 1.21 bits per heavy atom. The summed E-state index contributed by atoms with van der Waals surface area (Å²) in [4.78, 5) is 25.2. The molecule has 2 saturated carbocycles. The van der Waals surface area contributed by atoms with Gasteiger partial charge in [-0.15, -0.1) is 0 Å². The van der Waals surface area contributed by atoms with E-state index in [-0.39, 0.29) is 47.1 Å². The lowest BCUT2D eigenvalue weighted by atomic mass is 9.52. The van der Waals surface area contributed by atoms with Crippen molar-refractivity contribution in [3.63, 3.8) is 0 Å². The fourth-order valence-corrected chi connectivity index (χ4v) is 6.26. The molecule has 1 aromatic rings. The van der Waals surface area contributed by atoms with E-state index in [9.17, 15) is 14.7 Å². The van der Waals surface area contributed by atoms with E-state index in [1.807, 2.05) is 38.1 Å². The molecule has 3 amide bonds. The highest BCUT2D eigenvalue weighted by Crippen LogP contribution is 2.55. The predicted molar refractivity (Wildman–Crippen MR) is 129 cm³/mol. The zero-order chi connectivity index (χ0) is 24.2. The molecule has 7 nitrogen and oxygen atoms in total. The maximum atomic E-state index is 13.0. The third-order valence-electron chi connectivity index (χ3n) is 8.24. The van der Waals surface area contributed by atoms with Gasteiger partial charge in [0.05, 0.1) is 13.2 Å². The quantitative estimate of drug-likeness (QED) is 0.502. The van der Waals surface area contributed by atoms with Crippen LogP contribution in [-0.4, -0.2) is 42.8 Å². The summed E-state index contributed by atoms with van der Waals surface area (Å²) >= 11 is 0. The lowest BCUT2D eigenvalue weighted by molar-refractivity contribution is -0.142. The summed E-state index contributed by atoms with van der Waals surface area (Å²) in [6.07, 6.45) is 3.12. The summed E-state index contributed by atoms with van der Waals surface area (Å²) in [5.74, 6) is 0.471. The van der Waals surface area contributed by atoms with Crippen molar-refractivity contribution in [2.75, 3.05) is 13.7 Å². The van der Waals surface area contributed by atoms with Crippen molar-refractivity contribution in [1.82, 2.24) is 16.0 Å². The summed E-state index contributed by atoms with van der Waals surface area (Å²) in [5.41, 5.74) is 0.958. The van der Waals surface area contributed by atoms with E-state index in [1.165, 1.54) is 0 Å². The van der Waals surface area contributed by atoms with E-state index in [0.29, 0.717) is 13.1 Å². The second-order valence-electron chi connectivity index (χ2n) is 10.2. The molecule has 0 heterocycles. The number of para-hydroxylation sites is 1. The lowest BCUT2D eigenvalue weighted by Crippen LogP contribution is -2.59. The third-order valence-corrected chi connectivity index (χ3v) is 8.24. The topological polar surface area (TPSA) is 99.7 Å². The smallest absolute Gasteiger partial charge is 0.315 e. The first kappa shape index (κ1) is 25.3. The molecule has 7 atom stereocenters. The number of carbonyl (C=O) groups excluding carboxylic acids is 2. The number of ether oxygens (including phenoxy) is 1. The molecule has 0 radical (unpaired) electrons. The summed E-state index contributed by atoms with van der Waals surface area (Å²) in [6.45, 7) is 9.20. The van der Waals surface area contributed by atoms with Crippen molar-refractivity contribution in [1.29, 1.82) is 0 Å². The molecule has 0 bridgehead atoms. The van der Waals surface area contributed by atoms with Crippen LogP contribution in [0.15, 0.2) is 24.3 Å². The molecule has 0 spiro atoms. The molecular weight excluding hydrogens is 418 g/mol. The molecule has 2 aliphatic carbocycles. The van der Waals surface area contributed by atoms with Gasteiger partial charge in [-0.1, -0.05) is 39.0 Å². The number of aliphatic hydroxyl groups is 1. The van der Waals surface area contributed by atoms with Crippen LogP contribution in [0.2, 0.25) is 0 Å². The SMILES string of the molecule is CCNC(=O)N[C@H]1CC[C@]2(C)CC[C@H]([C@H](C)C(=O)NCc3ccccc3OC)[C@H](O)[C@H]2[C@@H]1C. The van der Waals surface area contributed by atoms with Crippen molar-refractivity contribution in [2.24, 2.45) is 29.1 Å². The number of aliphatic hydroxyl groups excluding tert-OH is 1. The van der Waals surface area contributed by atoms with E-state index >= 15 is 0 Å². The number of hydrogen-bond donors (Lipinski definition) is 4. The Bertz CT molecular complexity index is 832. The number of urea groups is 1. The van der Waals surface area contributed by atoms with Gasteiger partial charge in [-0.3, -0.25) is 4.79 Å². The first-order valence-electron chi connectivity index (χ1n) is 12.3. The summed E-state index contributed by atoms with van der Waals surface area (Å²) < 4.78 is 5.38. The molecule has 7 heteroatoms. The van der Waals surface area contributed by atoms with Crippen LogP contribution >= 0.6 is 0 Å². The summed E-state index contributed by atoms with van der Waals surface area (Å²) in [5, 5.41) is 20.5. The van der Waals surface area contributed by atoms with E-state index in [2.05, 4.69) is 29.8 Å². The minimum atomic E-state index is -0.579. The van der Waals surface area contributed by atoms with Crippen molar-refractivity contribution < 1.29 is 19.4 Å². The Morgan fingerprint density at radius 3 is 2.61 bits per heavy atom. The number of hydrogen-bond acceptors (Lipinski definition) is 4. The average Bonchev–Trinajstić information content (AvgIpc) is 2.79. The third kappa shape index (κ3) is 5.45. The summed E-state index contributed by atoms with van der Waals surface area (Å²) in [7, 11) is 1.62. The van der Waals surface area contributed by atoms with Gasteiger partial charge in [-0.25, -0.2) is 4.79 Å². The normalized spacial score (nSPS) is 32.2. The first-order chi connectivity index (χ1) is 15.7. The summed E-state index contributed by atoms with van der Waals surface area (Å²) in [6, 6.07) is 7.53. The Labute approximate surface area is 198 Å². The molecule has 0 saturated heterocycles. The number of fused-ring (bicyclic) bond motifs is 1. The first-order valence-corrected chi connectivity index (χ1v) is 12.3. The van der Waals surface area contributed by atoms with Crippen LogP contribution in [0.1, 0.15) is 58.9 Å². The molecule has 0 unspecified atom stereocenters. The molecule has 33 heavy (non-hydrogen) atoms. The largest absolute Gasteiger partial charge is 0.496 e. The van der Waals surface area contributed by atoms with Gasteiger partial charge in [-0.05, 0) is 61.8 Å². The second kappa shape index (κ2) is 10.8. The van der Waals surface area contributed by atoms with Crippen LogP contribution in [0.3, 0.4) is 0 Å². The van der Waals surface area contributed by atoms with E-state index in [1.54, 1.807) is 7.11 Å². The van der Waals surface area contributed by atoms with Crippen LogP contribution in [0, 0.1) is 29.1 Å². The molecule has 1 aromatic carbocycles. The number of benzene rings is 1. The molecular formula is C26H41N3O4. The zero-order valence-electron chi connectivity index (χ0n) is 20.7. The lowest BCUT2D eigenvalue weighted by Gasteiger charge is -2.56. The maximum absolute atomic E-state index is 13.0. The Morgan fingerprint density at radius 2 is 1.91 bits per heavy atom. The monoisotopic (exact) mass is 459 g/mol. The number of rotatable bonds is 7. The highest BCUT2D eigenvalue weighted by Gasteiger charge is 2.53. The van der Waals surface area contributed by atoms with Gasteiger partial charge in [0, 0.05) is 30.6 Å². The standard InChI is InChI=1S/C26H41N3O4/c1-6-27-25(32)29-20-12-14-26(4)13-11-19(23(30)22(26)17(20)3)16(2)24(31)28-15-18-9-7-8-10-21(18)33-5/h7-10,16-17,19-20,22-23,30H,6,11-15H2,1-5H3,(H,28,31)(H2,27,29,32)/t16-,17+,19+,20-,22+,23-,26-/m0/s1. The molecule has 4 N–H and O–H groups in total. The van der Waals surface area contributed by atoms with E-state index in [4.69, 9.17) is 4.74 Å². The molecule has 2 aliphatic rings. The van der Waals surface area contributed by atoms with E-state index in [0.717, 1.165) is 37.0 Å². The zero-order valence-corrected chi connectivity index (χ0v) is 20.7. The molecule has 0 aromatic heterocycles. The van der Waals surface area contributed by atoms with Crippen LogP contribution < -0.4 is 20.7 Å². The molecule has 2 fully saturated rings. The number of amides is 3. The highest BCUT2D eigenvalue weighted by atomic mass is 16.5. The second-order valence-corrected chi connectivity index (χ2v) is 10.2. The van der Waals surface area contributed by atoms with Gasteiger partial charge >= 0.3 is 6.03 Å². The Kier molecular flexibility index (Phi) is 8.27. The van der Waals surface area contributed by atoms with Gasteiger partial charge in [0.2, 0.25) is 5.91 Å². The van der Waals surface area contributed by atoms with Crippen LogP contribution in [0.4, 0.5) is 4.79 Å². The average molecular weight is 460 g/mol. The number of nitrogens with one attached hydrogen (secondary N) is 3. The van der Waals surface area contributed by atoms with Gasteiger partial charge in [0.25, 0.3) is 0 Å². The number of methoxy groups -OCH3 is 1. The van der Waals surface area contributed by atoms with Crippen LogP contribution in [0.25, 0.3) is 0 Å². The number of carbonyl (C=O) groups is 2. The highest BCUT2D eigenvalue weighted by molar-refractivity contribution is 5.78. The molecule has 0 aliphatic heterocycles. The van der Waals surface area contributed by atoms with Gasteiger partial charge < -0.3 is 25.8 Å². The molecule has 3 rings (SSSR count). The molecule has 184 valence electrons. The Balaban J connectivity index is 1.67. The van der Waals surface area contributed by atoms with Crippen molar-refractivity contribution in [3.05, 3.63) is 29.8 Å². The Hall–Kier alpha value is -2.28. The maximum Gasteiger partial charge on any atom is 0.315 e. The van der Waals surface area contributed by atoms with Gasteiger partial charge in [0.15, 0.2) is 0 Å². The van der Waals surface area contributed by atoms with Gasteiger partial charge in [0.1, 0.15) is 5.75 Å². The van der Waals surface area contributed by atoms with Crippen molar-refractivity contribution in [2.45, 2.75) is 72.1 Å². The van der Waals surface area contributed by atoms with Crippen molar-refractivity contribution >= 4 is 11.9 Å². The van der Waals surface area contributed by atoms with Gasteiger partial charge in [-0.2, -0.15) is 0 Å². The van der Waals surface area contributed by atoms with Crippen LogP contribution in [0.5, 0.6) is 5.75 Å². The van der Waals surface area contributed by atoms with Crippen molar-refractivity contribution in [3.8, 4) is 5.75 Å². The van der Waals surface area contributed by atoms with Crippen LogP contribution in [-0.2, 0) is 11.3 Å².